The van der Waals surface area contributed by atoms with Gasteiger partial charge in [0.15, 0.2) is 11.6 Å². The van der Waals surface area contributed by atoms with E-state index >= 15 is 0 Å². The average molecular weight is 361 g/mol. The minimum atomic E-state index is -1.26. The molecule has 0 spiro atoms. The molecule has 0 amide bonds. The van der Waals surface area contributed by atoms with Crippen LogP contribution < -0.4 is 4.90 Å². The first-order chi connectivity index (χ1) is 12.7. The summed E-state index contributed by atoms with van der Waals surface area (Å²) >= 11 is -1.26. The monoisotopic (exact) mass is 361 g/mol. The number of benzene rings is 1. The van der Waals surface area contributed by atoms with E-state index in [0.29, 0.717) is 0 Å². The lowest BCUT2D eigenvalue weighted by atomic mass is 9.90. The van der Waals surface area contributed by atoms with Crippen LogP contribution in [0.1, 0.15) is 29.5 Å². The third kappa shape index (κ3) is 2.35. The molecule has 2 aliphatic rings. The molecule has 1 atom stereocenters. The minimum absolute atomic E-state index is 0.730. The topological polar surface area (TPSA) is 52.1 Å². The van der Waals surface area contributed by atoms with Gasteiger partial charge in [-0.3, -0.25) is 4.90 Å². The van der Waals surface area contributed by atoms with Crippen molar-refractivity contribution in [1.29, 1.82) is 0 Å². The highest BCUT2D eigenvalue weighted by molar-refractivity contribution is 7.92. The first kappa shape index (κ1) is 15.9. The predicted molar refractivity (Wildman–Crippen MR) is 103 cm³/mol. The summed E-state index contributed by atoms with van der Waals surface area (Å²) in [5.74, 6) is 1.47. The number of aryl methyl sites for hydroxylation is 2. The summed E-state index contributed by atoms with van der Waals surface area (Å²) in [5.41, 5.74) is 4.92. The smallest absolute Gasteiger partial charge is 0.202 e. The number of hydrogen-bond donors (Lipinski definition) is 0. The molecule has 2 aromatic heterocycles. The van der Waals surface area contributed by atoms with Crippen molar-refractivity contribution in [1.82, 2.24) is 9.97 Å². The van der Waals surface area contributed by atoms with E-state index in [1.165, 1.54) is 24.0 Å². The molecule has 1 aromatic carbocycles. The third-order valence-electron chi connectivity index (χ3n) is 5.16. The lowest BCUT2D eigenvalue weighted by Crippen LogP contribution is -2.26. The van der Waals surface area contributed by atoms with E-state index < -0.39 is 11.2 Å². The van der Waals surface area contributed by atoms with Crippen molar-refractivity contribution in [2.75, 3.05) is 4.90 Å². The highest BCUT2D eigenvalue weighted by atomic mass is 32.2. The molecule has 5 heteroatoms. The van der Waals surface area contributed by atoms with Gasteiger partial charge in [-0.25, -0.2) is 9.97 Å². The van der Waals surface area contributed by atoms with E-state index in [0.717, 1.165) is 45.5 Å². The summed E-state index contributed by atoms with van der Waals surface area (Å²) in [6, 6.07) is 12.2. The molecule has 1 unspecified atom stereocenters. The zero-order valence-electron chi connectivity index (χ0n) is 14.6. The number of rotatable bonds is 1. The summed E-state index contributed by atoms with van der Waals surface area (Å²) in [5, 5.41) is 0. The molecule has 0 saturated carbocycles. The van der Waals surface area contributed by atoms with Crippen LogP contribution >= 0.6 is 0 Å². The Balaban J connectivity index is 1.79. The third-order valence-corrected chi connectivity index (χ3v) is 6.57. The van der Waals surface area contributed by atoms with Crippen molar-refractivity contribution in [2.45, 2.75) is 42.4 Å². The Labute approximate surface area is 156 Å². The van der Waals surface area contributed by atoms with Gasteiger partial charge in [0.25, 0.3) is 0 Å². The Hall–Kier alpha value is -2.37. The van der Waals surface area contributed by atoms with E-state index in [2.05, 4.69) is 33.1 Å². The number of anilines is 3. The van der Waals surface area contributed by atoms with Crippen LogP contribution in [-0.2, 0) is 24.0 Å². The Morgan fingerprint density at radius 1 is 1.00 bits per heavy atom. The van der Waals surface area contributed by atoms with Gasteiger partial charge in [-0.2, -0.15) is 0 Å². The van der Waals surface area contributed by atoms with E-state index in [1.54, 1.807) is 6.20 Å². The summed E-state index contributed by atoms with van der Waals surface area (Å²) in [6.07, 6.45) is 8.22. The molecule has 130 valence electrons. The second-order valence-electron chi connectivity index (χ2n) is 6.89. The van der Waals surface area contributed by atoms with E-state index in [-0.39, 0.29) is 0 Å². The van der Waals surface area contributed by atoms with Gasteiger partial charge in [-0.05, 0) is 67.5 Å². The molecule has 0 N–H and O–H groups in total. The Bertz CT molecular complexity index is 1000. The highest BCUT2D eigenvalue weighted by Crippen LogP contribution is 2.47. The van der Waals surface area contributed by atoms with Gasteiger partial charge in [0, 0.05) is 29.6 Å². The lowest BCUT2D eigenvalue weighted by Gasteiger charge is -2.33. The van der Waals surface area contributed by atoms with E-state index in [1.807, 2.05) is 31.3 Å². The first-order valence-electron chi connectivity index (χ1n) is 8.98. The van der Waals surface area contributed by atoms with Crippen LogP contribution in [0.3, 0.4) is 0 Å². The number of hydrogen-bond acceptors (Lipinski definition) is 4. The Morgan fingerprint density at radius 3 is 2.77 bits per heavy atom. The Kier molecular flexibility index (Phi) is 3.72. The van der Waals surface area contributed by atoms with Crippen LogP contribution in [0.2, 0.25) is 0 Å². The maximum absolute atomic E-state index is 13.1. The fourth-order valence-corrected chi connectivity index (χ4v) is 5.30. The summed E-state index contributed by atoms with van der Waals surface area (Å²) in [6.45, 7) is 1.98. The van der Waals surface area contributed by atoms with E-state index in [9.17, 15) is 4.55 Å². The molecule has 3 aromatic rings. The molecule has 0 radical (unpaired) electrons. The van der Waals surface area contributed by atoms with Crippen molar-refractivity contribution in [3.05, 3.63) is 65.5 Å². The van der Waals surface area contributed by atoms with Crippen LogP contribution in [0.4, 0.5) is 17.3 Å². The number of fused-ring (bicyclic) bond motifs is 3. The van der Waals surface area contributed by atoms with Gasteiger partial charge in [-0.1, -0.05) is 12.1 Å². The number of nitrogens with zero attached hydrogens (tertiary/aromatic N) is 3. The first-order valence-corrected chi connectivity index (χ1v) is 10.1. The van der Waals surface area contributed by atoms with Crippen LogP contribution in [0, 0.1) is 6.92 Å². The molecule has 4 nitrogen and oxygen atoms in total. The van der Waals surface area contributed by atoms with Gasteiger partial charge < -0.3 is 4.55 Å². The molecule has 0 bridgehead atoms. The maximum Gasteiger partial charge on any atom is 0.202 e. The SMILES string of the molecule is Cc1cnc2c(c1)[S+]([O-])c1cccnc1N2c1cccc2c1CCCC2. The van der Waals surface area contributed by atoms with Crippen LogP contribution in [0.15, 0.2) is 58.6 Å². The molecular weight excluding hydrogens is 342 g/mol. The highest BCUT2D eigenvalue weighted by Gasteiger charge is 2.38. The van der Waals surface area contributed by atoms with Crippen molar-refractivity contribution in [3.8, 4) is 0 Å². The van der Waals surface area contributed by atoms with Gasteiger partial charge >= 0.3 is 0 Å². The second-order valence-corrected chi connectivity index (χ2v) is 8.30. The maximum atomic E-state index is 13.1. The summed E-state index contributed by atoms with van der Waals surface area (Å²) < 4.78 is 13.1. The van der Waals surface area contributed by atoms with Gasteiger partial charge in [-0.15, -0.1) is 0 Å². The lowest BCUT2D eigenvalue weighted by molar-refractivity contribution is 0.592. The van der Waals surface area contributed by atoms with Crippen LogP contribution in [0.5, 0.6) is 0 Å². The molecular formula is C21H19N3OS. The Morgan fingerprint density at radius 2 is 1.85 bits per heavy atom. The molecule has 3 heterocycles. The predicted octanol–water partition coefficient (Wildman–Crippen LogP) is 4.61. The van der Waals surface area contributed by atoms with Crippen molar-refractivity contribution >= 4 is 28.5 Å². The average Bonchev–Trinajstić information content (AvgIpc) is 2.69. The molecule has 1 aliphatic heterocycles. The second kappa shape index (κ2) is 6.11. The number of pyridine rings is 2. The quantitative estimate of drug-likeness (QED) is 0.594. The zero-order chi connectivity index (χ0) is 17.7. The van der Waals surface area contributed by atoms with Gasteiger partial charge in [0.1, 0.15) is 0 Å². The molecule has 1 aliphatic carbocycles. The van der Waals surface area contributed by atoms with Gasteiger partial charge in [0.2, 0.25) is 9.79 Å². The fraction of sp³-hybridized carbons (Fsp3) is 0.238. The van der Waals surface area contributed by atoms with Gasteiger partial charge in [0.05, 0.1) is 5.69 Å². The fourth-order valence-electron chi connectivity index (χ4n) is 3.95. The molecule has 0 saturated heterocycles. The number of aromatic nitrogens is 2. The summed E-state index contributed by atoms with van der Waals surface area (Å²) in [7, 11) is 0. The van der Waals surface area contributed by atoms with Crippen LogP contribution in [-0.4, -0.2) is 14.5 Å². The minimum Gasteiger partial charge on any atom is -0.606 e. The normalized spacial score (nSPS) is 18.1. The van der Waals surface area contributed by atoms with E-state index in [4.69, 9.17) is 0 Å². The van der Waals surface area contributed by atoms with Crippen LogP contribution in [0.25, 0.3) is 0 Å². The summed E-state index contributed by atoms with van der Waals surface area (Å²) in [4.78, 5) is 12.9. The van der Waals surface area contributed by atoms with Crippen molar-refractivity contribution < 1.29 is 4.55 Å². The van der Waals surface area contributed by atoms with Crippen molar-refractivity contribution in [3.63, 3.8) is 0 Å². The standard InChI is InChI=1S/C21H19N3OS/c1-14-12-19-21(23-13-14)24(20-18(26(19)25)10-5-11-22-20)17-9-4-7-15-6-2-3-8-16(15)17/h4-5,7,9-13H,2-3,6,8H2,1H3. The largest absolute Gasteiger partial charge is 0.606 e. The molecule has 5 rings (SSSR count). The molecule has 26 heavy (non-hydrogen) atoms. The zero-order valence-corrected chi connectivity index (χ0v) is 15.4. The molecule has 0 fully saturated rings. The van der Waals surface area contributed by atoms with Crippen molar-refractivity contribution in [2.24, 2.45) is 0 Å².